The van der Waals surface area contributed by atoms with Crippen LogP contribution in [0.3, 0.4) is 0 Å². The highest BCUT2D eigenvalue weighted by Gasteiger charge is 2.37. The molecule has 152 valence electrons. The molecule has 11 heteroatoms. The second-order valence-corrected chi connectivity index (χ2v) is 9.12. The third-order valence-electron chi connectivity index (χ3n) is 4.60. The lowest BCUT2D eigenvalue weighted by Gasteiger charge is -2.27. The van der Waals surface area contributed by atoms with Crippen LogP contribution in [0.25, 0.3) is 0 Å². The van der Waals surface area contributed by atoms with Gasteiger partial charge in [0.05, 0.1) is 42.5 Å². The maximum absolute atomic E-state index is 12.7. The molecule has 1 atom stereocenters. The summed E-state index contributed by atoms with van der Waals surface area (Å²) < 4.78 is 33.8. The molecule has 9 nitrogen and oxygen atoms in total. The van der Waals surface area contributed by atoms with Crippen molar-refractivity contribution in [1.29, 1.82) is 0 Å². The van der Waals surface area contributed by atoms with Crippen molar-refractivity contribution in [2.45, 2.75) is 25.3 Å². The number of halogens is 1. The lowest BCUT2D eigenvalue weighted by atomic mass is 10.1. The van der Waals surface area contributed by atoms with E-state index in [0.717, 1.165) is 5.01 Å². The Hall–Kier alpha value is -2.33. The summed E-state index contributed by atoms with van der Waals surface area (Å²) in [6.45, 7) is 0. The van der Waals surface area contributed by atoms with Gasteiger partial charge in [-0.1, -0.05) is 11.6 Å². The van der Waals surface area contributed by atoms with E-state index >= 15 is 0 Å². The number of sulfone groups is 1. The van der Waals surface area contributed by atoms with E-state index in [9.17, 15) is 18.0 Å². The van der Waals surface area contributed by atoms with Crippen LogP contribution in [0.4, 0.5) is 5.69 Å². The molecule has 1 N–H and O–H groups in total. The van der Waals surface area contributed by atoms with Crippen LogP contribution in [0.1, 0.15) is 19.3 Å². The van der Waals surface area contributed by atoms with Gasteiger partial charge in [0, 0.05) is 25.0 Å². The molecule has 1 saturated heterocycles. The first-order valence-corrected chi connectivity index (χ1v) is 10.8. The number of carbonyl (C=O) groups is 2. The Labute approximate surface area is 167 Å². The fourth-order valence-electron chi connectivity index (χ4n) is 3.14. The van der Waals surface area contributed by atoms with Crippen molar-refractivity contribution in [2.24, 2.45) is 5.10 Å². The molecule has 0 unspecified atom stereocenters. The summed E-state index contributed by atoms with van der Waals surface area (Å²) in [4.78, 5) is 24.9. The molecular formula is C17H20ClN3O6S. The fraction of sp³-hybridized carbons (Fsp3) is 0.471. The van der Waals surface area contributed by atoms with Gasteiger partial charge in [0.1, 0.15) is 17.2 Å². The Morgan fingerprint density at radius 1 is 1.25 bits per heavy atom. The number of anilines is 1. The minimum absolute atomic E-state index is 0.0142. The molecule has 0 saturated carbocycles. The molecule has 1 fully saturated rings. The molecule has 2 amide bonds. The molecule has 0 aromatic heterocycles. The zero-order chi connectivity index (χ0) is 20.5. The molecule has 1 aromatic rings. The maximum Gasteiger partial charge on any atom is 0.271 e. The summed E-state index contributed by atoms with van der Waals surface area (Å²) in [5, 5.41) is 8.30. The number of methoxy groups -OCH3 is 2. The molecule has 0 aliphatic carbocycles. The lowest BCUT2D eigenvalue weighted by molar-refractivity contribution is -0.133. The number of benzene rings is 1. The second-order valence-electron chi connectivity index (χ2n) is 6.48. The largest absolute Gasteiger partial charge is 0.495 e. The van der Waals surface area contributed by atoms with Gasteiger partial charge in [-0.3, -0.25) is 9.59 Å². The summed E-state index contributed by atoms with van der Waals surface area (Å²) in [6, 6.07) is 2.50. The highest BCUT2D eigenvalue weighted by atomic mass is 35.5. The number of hydrogen-bond donors (Lipinski definition) is 1. The van der Waals surface area contributed by atoms with E-state index in [-0.39, 0.29) is 36.0 Å². The Kier molecular flexibility index (Phi) is 5.80. The van der Waals surface area contributed by atoms with Gasteiger partial charge in [0.25, 0.3) is 5.91 Å². The van der Waals surface area contributed by atoms with Crippen molar-refractivity contribution < 1.29 is 27.5 Å². The normalized spacial score (nSPS) is 21.2. The van der Waals surface area contributed by atoms with Gasteiger partial charge in [-0.05, 0) is 6.42 Å². The van der Waals surface area contributed by atoms with Crippen molar-refractivity contribution in [3.8, 4) is 11.5 Å². The Morgan fingerprint density at radius 3 is 2.57 bits per heavy atom. The predicted octanol–water partition coefficient (Wildman–Crippen LogP) is 1.46. The number of amides is 2. The topological polar surface area (TPSA) is 114 Å². The van der Waals surface area contributed by atoms with Gasteiger partial charge < -0.3 is 14.8 Å². The Bertz CT molecular complexity index is 946. The molecule has 0 spiro atoms. The molecule has 0 bridgehead atoms. The number of nitrogens with zero attached hydrogens (tertiary/aromatic N) is 2. The quantitative estimate of drug-likeness (QED) is 0.757. The molecule has 2 aliphatic heterocycles. The van der Waals surface area contributed by atoms with E-state index in [1.165, 1.54) is 26.4 Å². The summed E-state index contributed by atoms with van der Waals surface area (Å²) in [6.07, 6.45) is 0.562. The van der Waals surface area contributed by atoms with Crippen LogP contribution < -0.4 is 14.8 Å². The molecule has 28 heavy (non-hydrogen) atoms. The average Bonchev–Trinajstić information content (AvgIpc) is 3.02. The van der Waals surface area contributed by atoms with E-state index in [2.05, 4.69) is 10.4 Å². The summed E-state index contributed by atoms with van der Waals surface area (Å²) in [7, 11) is -0.296. The van der Waals surface area contributed by atoms with E-state index in [1.54, 1.807) is 0 Å². The number of carbonyl (C=O) groups excluding carboxylic acids is 2. The van der Waals surface area contributed by atoms with Crippen LogP contribution in [0.2, 0.25) is 5.02 Å². The minimum Gasteiger partial charge on any atom is -0.495 e. The molecule has 2 aliphatic rings. The van der Waals surface area contributed by atoms with Crippen LogP contribution in [-0.4, -0.2) is 62.7 Å². The Morgan fingerprint density at radius 2 is 1.96 bits per heavy atom. The number of hydrazone groups is 1. The zero-order valence-electron chi connectivity index (χ0n) is 15.4. The zero-order valence-corrected chi connectivity index (χ0v) is 17.0. The van der Waals surface area contributed by atoms with E-state index in [0.29, 0.717) is 28.6 Å². The highest BCUT2D eigenvalue weighted by molar-refractivity contribution is 7.91. The Balaban J connectivity index is 1.82. The van der Waals surface area contributed by atoms with Crippen molar-refractivity contribution in [3.63, 3.8) is 0 Å². The van der Waals surface area contributed by atoms with Crippen LogP contribution in [0.15, 0.2) is 17.2 Å². The molecule has 0 radical (unpaired) electrons. The molecule has 2 heterocycles. The van der Waals surface area contributed by atoms with E-state index in [1.807, 2.05) is 0 Å². The minimum atomic E-state index is -3.18. The van der Waals surface area contributed by atoms with Crippen molar-refractivity contribution in [1.82, 2.24) is 5.01 Å². The van der Waals surface area contributed by atoms with Gasteiger partial charge in [0.2, 0.25) is 5.91 Å². The number of ether oxygens (including phenoxy) is 2. The van der Waals surface area contributed by atoms with Crippen LogP contribution in [0.5, 0.6) is 11.5 Å². The van der Waals surface area contributed by atoms with Crippen molar-refractivity contribution in [3.05, 3.63) is 17.2 Å². The average molecular weight is 430 g/mol. The summed E-state index contributed by atoms with van der Waals surface area (Å²) >= 11 is 6.06. The molecule has 3 rings (SSSR count). The van der Waals surface area contributed by atoms with Crippen LogP contribution >= 0.6 is 11.6 Å². The molecule has 1 aromatic carbocycles. The first kappa shape index (κ1) is 20.4. The van der Waals surface area contributed by atoms with Gasteiger partial charge in [-0.25, -0.2) is 13.4 Å². The van der Waals surface area contributed by atoms with Gasteiger partial charge in [0.15, 0.2) is 9.84 Å². The van der Waals surface area contributed by atoms with Crippen molar-refractivity contribution >= 4 is 44.7 Å². The predicted molar refractivity (Wildman–Crippen MR) is 104 cm³/mol. The fourth-order valence-corrected chi connectivity index (χ4v) is 5.06. The van der Waals surface area contributed by atoms with E-state index in [4.69, 9.17) is 21.1 Å². The first-order valence-electron chi connectivity index (χ1n) is 8.57. The standard InChI is InChI=1S/C17H20ClN3O6S/c1-26-14-8-13(15(27-2)7-11(14)18)19-17(23)12-3-4-16(22)21(20-12)10-5-6-28(24,25)9-10/h7-8,10H,3-6,9H2,1-2H3,(H,19,23)/t10-/m0/s1. The third-order valence-corrected chi connectivity index (χ3v) is 6.64. The third kappa shape index (κ3) is 4.22. The summed E-state index contributed by atoms with van der Waals surface area (Å²) in [5.41, 5.74) is 0.475. The van der Waals surface area contributed by atoms with Crippen LogP contribution in [-0.2, 0) is 19.4 Å². The monoisotopic (exact) mass is 429 g/mol. The lowest BCUT2D eigenvalue weighted by Crippen LogP contribution is -2.42. The highest BCUT2D eigenvalue weighted by Crippen LogP contribution is 2.36. The van der Waals surface area contributed by atoms with Gasteiger partial charge in [-0.15, -0.1) is 0 Å². The number of nitrogens with one attached hydrogen (secondary N) is 1. The van der Waals surface area contributed by atoms with Gasteiger partial charge >= 0.3 is 0 Å². The van der Waals surface area contributed by atoms with Gasteiger partial charge in [-0.2, -0.15) is 5.10 Å². The van der Waals surface area contributed by atoms with Crippen LogP contribution in [0, 0.1) is 0 Å². The molecular weight excluding hydrogens is 410 g/mol. The smallest absolute Gasteiger partial charge is 0.271 e. The first-order chi connectivity index (χ1) is 13.2. The second kappa shape index (κ2) is 7.96. The number of rotatable bonds is 5. The maximum atomic E-state index is 12.7. The SMILES string of the molecule is COc1cc(NC(=O)C2=NN([C@H]3CCS(=O)(=O)C3)C(=O)CC2)c(OC)cc1Cl. The van der Waals surface area contributed by atoms with Crippen molar-refractivity contribution in [2.75, 3.05) is 31.0 Å². The number of hydrogen-bond acceptors (Lipinski definition) is 7. The summed E-state index contributed by atoms with van der Waals surface area (Å²) in [5.74, 6) is -0.230. The van der Waals surface area contributed by atoms with E-state index < -0.39 is 21.8 Å².